The van der Waals surface area contributed by atoms with E-state index in [2.05, 4.69) is 19.1 Å². The van der Waals surface area contributed by atoms with Gasteiger partial charge < -0.3 is 9.84 Å². The molecule has 0 fully saturated rings. The van der Waals surface area contributed by atoms with Crippen LogP contribution in [0.25, 0.3) is 0 Å². The number of hydrogen-bond donors (Lipinski definition) is 1. The van der Waals surface area contributed by atoms with E-state index < -0.39 is 0 Å². The first kappa shape index (κ1) is 12.1. The molecular weight excluding hydrogens is 188 g/mol. The number of aryl methyl sites for hydroxylation is 1. The summed E-state index contributed by atoms with van der Waals surface area (Å²) in [7, 11) is 0. The summed E-state index contributed by atoms with van der Waals surface area (Å²) >= 11 is 0. The van der Waals surface area contributed by atoms with Crippen molar-refractivity contribution in [3.63, 3.8) is 0 Å². The summed E-state index contributed by atoms with van der Waals surface area (Å²) in [6, 6.07) is 8.14. The number of ether oxygens (including phenoxy) is 1. The van der Waals surface area contributed by atoms with E-state index >= 15 is 0 Å². The summed E-state index contributed by atoms with van der Waals surface area (Å²) in [6.45, 7) is 3.21. The van der Waals surface area contributed by atoms with Crippen molar-refractivity contribution in [3.05, 3.63) is 29.8 Å². The Kier molecular flexibility index (Phi) is 5.86. The number of benzene rings is 1. The summed E-state index contributed by atoms with van der Waals surface area (Å²) < 4.78 is 5.56. The Labute approximate surface area is 91.9 Å². The van der Waals surface area contributed by atoms with Crippen molar-refractivity contribution in [1.29, 1.82) is 0 Å². The topological polar surface area (TPSA) is 29.5 Å². The Morgan fingerprint density at radius 2 is 1.87 bits per heavy atom. The van der Waals surface area contributed by atoms with Crippen LogP contribution >= 0.6 is 0 Å². The van der Waals surface area contributed by atoms with Crippen molar-refractivity contribution in [2.45, 2.75) is 32.6 Å². The van der Waals surface area contributed by atoms with Gasteiger partial charge in [0.2, 0.25) is 0 Å². The molecule has 0 aliphatic heterocycles. The average Bonchev–Trinajstić information content (AvgIpc) is 2.28. The molecule has 0 spiro atoms. The normalized spacial score (nSPS) is 10.3. The van der Waals surface area contributed by atoms with Crippen LogP contribution in [0.3, 0.4) is 0 Å². The van der Waals surface area contributed by atoms with E-state index in [0.29, 0.717) is 0 Å². The largest absolute Gasteiger partial charge is 0.494 e. The molecule has 0 radical (unpaired) electrons. The fourth-order valence-corrected chi connectivity index (χ4v) is 1.37. The Hall–Kier alpha value is -1.02. The molecule has 0 saturated heterocycles. The van der Waals surface area contributed by atoms with Gasteiger partial charge in [-0.2, -0.15) is 0 Å². The van der Waals surface area contributed by atoms with E-state index in [9.17, 15) is 0 Å². The van der Waals surface area contributed by atoms with Crippen LogP contribution < -0.4 is 4.74 Å². The molecule has 1 aromatic carbocycles. The lowest BCUT2D eigenvalue weighted by Gasteiger charge is -2.06. The molecule has 0 unspecified atom stereocenters. The number of hydrogen-bond acceptors (Lipinski definition) is 2. The second kappa shape index (κ2) is 7.30. The first-order chi connectivity index (χ1) is 7.36. The lowest BCUT2D eigenvalue weighted by atomic mass is 10.1. The van der Waals surface area contributed by atoms with Crippen LogP contribution in [0.4, 0.5) is 0 Å². The van der Waals surface area contributed by atoms with Crippen molar-refractivity contribution < 1.29 is 9.84 Å². The molecule has 84 valence electrons. The Balaban J connectivity index is 2.35. The lowest BCUT2D eigenvalue weighted by molar-refractivity contribution is 0.288. The van der Waals surface area contributed by atoms with Gasteiger partial charge >= 0.3 is 0 Å². The number of aliphatic hydroxyl groups excluding tert-OH is 1. The van der Waals surface area contributed by atoms with Crippen LogP contribution in [0.1, 0.15) is 31.7 Å². The van der Waals surface area contributed by atoms with E-state index in [-0.39, 0.29) is 6.61 Å². The van der Waals surface area contributed by atoms with Crippen LogP contribution in [0.5, 0.6) is 5.75 Å². The van der Waals surface area contributed by atoms with Gasteiger partial charge in [-0.25, -0.2) is 0 Å². The van der Waals surface area contributed by atoms with Gasteiger partial charge in [0.1, 0.15) is 5.75 Å². The predicted octanol–water partition coefficient (Wildman–Crippen LogP) is 2.79. The second-order valence-corrected chi connectivity index (χ2v) is 3.67. The van der Waals surface area contributed by atoms with Crippen molar-refractivity contribution in [2.75, 3.05) is 13.2 Å². The molecule has 1 aromatic rings. The summed E-state index contributed by atoms with van der Waals surface area (Å²) in [6.07, 6.45) is 4.03. The Morgan fingerprint density at radius 1 is 1.13 bits per heavy atom. The molecule has 2 nitrogen and oxygen atoms in total. The van der Waals surface area contributed by atoms with Crippen LogP contribution in [-0.4, -0.2) is 18.3 Å². The molecule has 0 heterocycles. The highest BCUT2D eigenvalue weighted by atomic mass is 16.5. The monoisotopic (exact) mass is 208 g/mol. The molecule has 0 aliphatic rings. The Morgan fingerprint density at radius 3 is 2.47 bits per heavy atom. The van der Waals surface area contributed by atoms with Gasteiger partial charge in [-0.15, -0.1) is 0 Å². The molecule has 1 rings (SSSR count). The SMILES string of the molecule is CCCCOc1ccc(CCCO)cc1. The minimum Gasteiger partial charge on any atom is -0.494 e. The highest BCUT2D eigenvalue weighted by Crippen LogP contribution is 2.13. The zero-order chi connectivity index (χ0) is 10.9. The Bertz CT molecular complexity index is 254. The maximum atomic E-state index is 8.70. The van der Waals surface area contributed by atoms with Crippen molar-refractivity contribution in [2.24, 2.45) is 0 Å². The molecule has 0 bridgehead atoms. The molecule has 0 saturated carbocycles. The fourth-order valence-electron chi connectivity index (χ4n) is 1.37. The average molecular weight is 208 g/mol. The number of unbranched alkanes of at least 4 members (excludes halogenated alkanes) is 1. The quantitative estimate of drug-likeness (QED) is 0.698. The zero-order valence-corrected chi connectivity index (χ0v) is 9.41. The molecular formula is C13H20O2. The van der Waals surface area contributed by atoms with E-state index in [0.717, 1.165) is 38.0 Å². The maximum absolute atomic E-state index is 8.70. The summed E-state index contributed by atoms with van der Waals surface area (Å²) in [5, 5.41) is 8.70. The molecule has 0 atom stereocenters. The number of aliphatic hydroxyl groups is 1. The predicted molar refractivity (Wildman–Crippen MR) is 62.3 cm³/mol. The summed E-state index contributed by atoms with van der Waals surface area (Å²) in [5.41, 5.74) is 1.26. The van der Waals surface area contributed by atoms with Crippen LogP contribution in [-0.2, 0) is 6.42 Å². The number of rotatable bonds is 7. The highest BCUT2D eigenvalue weighted by Gasteiger charge is 1.95. The van der Waals surface area contributed by atoms with Gasteiger partial charge in [0.05, 0.1) is 6.61 Å². The highest BCUT2D eigenvalue weighted by molar-refractivity contribution is 5.27. The van der Waals surface area contributed by atoms with E-state index in [1.54, 1.807) is 0 Å². The third-order valence-electron chi connectivity index (χ3n) is 2.31. The minimum atomic E-state index is 0.259. The third-order valence-corrected chi connectivity index (χ3v) is 2.31. The standard InChI is InChI=1S/C13H20O2/c1-2-3-11-15-13-8-6-12(7-9-13)5-4-10-14/h6-9,14H,2-5,10-11H2,1H3. The zero-order valence-electron chi connectivity index (χ0n) is 9.41. The minimum absolute atomic E-state index is 0.259. The maximum Gasteiger partial charge on any atom is 0.119 e. The van der Waals surface area contributed by atoms with Crippen molar-refractivity contribution in [3.8, 4) is 5.75 Å². The van der Waals surface area contributed by atoms with Crippen LogP contribution in [0.15, 0.2) is 24.3 Å². The van der Waals surface area contributed by atoms with Gasteiger partial charge in [-0.05, 0) is 37.0 Å². The summed E-state index contributed by atoms with van der Waals surface area (Å²) in [4.78, 5) is 0. The van der Waals surface area contributed by atoms with Gasteiger partial charge in [-0.1, -0.05) is 25.5 Å². The summed E-state index contributed by atoms with van der Waals surface area (Å²) in [5.74, 6) is 0.941. The lowest BCUT2D eigenvalue weighted by Crippen LogP contribution is -1.96. The first-order valence-electron chi connectivity index (χ1n) is 5.69. The second-order valence-electron chi connectivity index (χ2n) is 3.67. The van der Waals surface area contributed by atoms with Crippen molar-refractivity contribution >= 4 is 0 Å². The van der Waals surface area contributed by atoms with E-state index in [1.165, 1.54) is 5.56 Å². The van der Waals surface area contributed by atoms with E-state index in [4.69, 9.17) is 9.84 Å². The van der Waals surface area contributed by atoms with E-state index in [1.807, 2.05) is 12.1 Å². The molecule has 15 heavy (non-hydrogen) atoms. The first-order valence-corrected chi connectivity index (χ1v) is 5.69. The van der Waals surface area contributed by atoms with Crippen LogP contribution in [0.2, 0.25) is 0 Å². The molecule has 0 amide bonds. The van der Waals surface area contributed by atoms with Gasteiger partial charge in [0, 0.05) is 6.61 Å². The fraction of sp³-hybridized carbons (Fsp3) is 0.538. The van der Waals surface area contributed by atoms with Gasteiger partial charge in [0.15, 0.2) is 0 Å². The third kappa shape index (κ3) is 4.84. The molecule has 0 aromatic heterocycles. The molecule has 2 heteroatoms. The van der Waals surface area contributed by atoms with Crippen LogP contribution in [0, 0.1) is 0 Å². The van der Waals surface area contributed by atoms with Crippen molar-refractivity contribution in [1.82, 2.24) is 0 Å². The molecule has 1 N–H and O–H groups in total. The molecule has 0 aliphatic carbocycles. The van der Waals surface area contributed by atoms with Gasteiger partial charge in [0.25, 0.3) is 0 Å². The smallest absolute Gasteiger partial charge is 0.119 e. The van der Waals surface area contributed by atoms with Gasteiger partial charge in [-0.3, -0.25) is 0 Å².